The maximum absolute atomic E-state index is 11.8. The minimum atomic E-state index is -0.604. The number of carbonyl (C=O) groups is 2. The van der Waals surface area contributed by atoms with Crippen molar-refractivity contribution in [2.45, 2.75) is 13.0 Å². The number of hydrogen-bond acceptors (Lipinski definition) is 3. The third kappa shape index (κ3) is 2.08. The van der Waals surface area contributed by atoms with Gasteiger partial charge in [0.2, 0.25) is 0 Å². The zero-order valence-corrected chi connectivity index (χ0v) is 9.77. The van der Waals surface area contributed by atoms with Gasteiger partial charge in [-0.15, -0.1) is 0 Å². The Balaban J connectivity index is 2.26. The molecule has 1 aliphatic heterocycles. The molecule has 1 fully saturated rings. The van der Waals surface area contributed by atoms with Gasteiger partial charge in [-0.1, -0.05) is 12.1 Å². The summed E-state index contributed by atoms with van der Waals surface area (Å²) in [6.45, 7) is 2.46. The maximum Gasteiger partial charge on any atom is 0.324 e. The SMILES string of the molecule is CCOc1cccc(C2NC(=O)N(C)C2=O)c1. The molecule has 1 aromatic carbocycles. The second-order valence-corrected chi connectivity index (χ2v) is 3.79. The summed E-state index contributed by atoms with van der Waals surface area (Å²) in [6.07, 6.45) is 0. The molecular formula is C12H14N2O3. The Morgan fingerprint density at radius 2 is 2.18 bits per heavy atom. The van der Waals surface area contributed by atoms with Crippen molar-refractivity contribution in [3.05, 3.63) is 29.8 Å². The molecular weight excluding hydrogens is 220 g/mol. The number of hydrogen-bond donors (Lipinski definition) is 1. The monoisotopic (exact) mass is 234 g/mol. The Kier molecular flexibility index (Phi) is 2.99. The molecule has 1 saturated heterocycles. The smallest absolute Gasteiger partial charge is 0.324 e. The predicted molar refractivity (Wildman–Crippen MR) is 61.7 cm³/mol. The van der Waals surface area contributed by atoms with E-state index in [-0.39, 0.29) is 11.9 Å². The molecule has 1 heterocycles. The summed E-state index contributed by atoms with van der Waals surface area (Å²) in [5.41, 5.74) is 0.735. The highest BCUT2D eigenvalue weighted by Gasteiger charge is 2.36. The summed E-state index contributed by atoms with van der Waals surface area (Å²) in [5.74, 6) is 0.449. The number of likely N-dealkylation sites (N-methyl/N-ethyl adjacent to an activating group) is 1. The van der Waals surface area contributed by atoms with E-state index in [1.807, 2.05) is 13.0 Å². The van der Waals surface area contributed by atoms with Crippen molar-refractivity contribution in [1.29, 1.82) is 0 Å². The van der Waals surface area contributed by atoms with E-state index in [4.69, 9.17) is 4.74 Å². The van der Waals surface area contributed by atoms with Gasteiger partial charge in [0.05, 0.1) is 6.61 Å². The van der Waals surface area contributed by atoms with E-state index in [9.17, 15) is 9.59 Å². The first kappa shape index (κ1) is 11.4. The lowest BCUT2D eigenvalue weighted by molar-refractivity contribution is -0.126. The van der Waals surface area contributed by atoms with Gasteiger partial charge in [0.25, 0.3) is 5.91 Å². The Bertz CT molecular complexity index is 459. The van der Waals surface area contributed by atoms with E-state index in [0.29, 0.717) is 12.4 Å². The van der Waals surface area contributed by atoms with Gasteiger partial charge in [-0.05, 0) is 24.6 Å². The number of nitrogens with one attached hydrogen (secondary N) is 1. The van der Waals surface area contributed by atoms with Crippen LogP contribution in [0.5, 0.6) is 5.75 Å². The van der Waals surface area contributed by atoms with Crippen LogP contribution in [-0.4, -0.2) is 30.5 Å². The minimum Gasteiger partial charge on any atom is -0.494 e. The van der Waals surface area contributed by atoms with Crippen molar-refractivity contribution in [2.75, 3.05) is 13.7 Å². The van der Waals surface area contributed by atoms with Crippen LogP contribution in [0.3, 0.4) is 0 Å². The van der Waals surface area contributed by atoms with Crippen molar-refractivity contribution in [2.24, 2.45) is 0 Å². The van der Waals surface area contributed by atoms with E-state index in [1.54, 1.807) is 18.2 Å². The first-order chi connectivity index (χ1) is 8.13. The van der Waals surface area contributed by atoms with Crippen LogP contribution in [0, 0.1) is 0 Å². The van der Waals surface area contributed by atoms with E-state index < -0.39 is 6.04 Å². The van der Waals surface area contributed by atoms with Crippen LogP contribution < -0.4 is 10.1 Å². The summed E-state index contributed by atoms with van der Waals surface area (Å²) >= 11 is 0. The third-order valence-electron chi connectivity index (χ3n) is 2.65. The highest BCUT2D eigenvalue weighted by molar-refractivity contribution is 6.04. The summed E-state index contributed by atoms with van der Waals surface area (Å²) in [4.78, 5) is 24.2. The topological polar surface area (TPSA) is 58.6 Å². The lowest BCUT2D eigenvalue weighted by Gasteiger charge is -2.10. The molecule has 5 heteroatoms. The molecule has 17 heavy (non-hydrogen) atoms. The number of carbonyl (C=O) groups excluding carboxylic acids is 2. The molecule has 5 nitrogen and oxygen atoms in total. The third-order valence-corrected chi connectivity index (χ3v) is 2.65. The maximum atomic E-state index is 11.8. The number of rotatable bonds is 3. The molecule has 1 N–H and O–H groups in total. The van der Waals surface area contributed by atoms with Gasteiger partial charge in [-0.3, -0.25) is 9.69 Å². The Labute approximate surface area is 99.4 Å². The molecule has 1 unspecified atom stereocenters. The summed E-state index contributed by atoms with van der Waals surface area (Å²) in [7, 11) is 1.46. The molecule has 0 bridgehead atoms. The summed E-state index contributed by atoms with van der Waals surface area (Å²) < 4.78 is 5.36. The van der Waals surface area contributed by atoms with Crippen molar-refractivity contribution < 1.29 is 14.3 Å². The lowest BCUT2D eigenvalue weighted by atomic mass is 10.1. The molecule has 1 aliphatic rings. The molecule has 1 aromatic rings. The standard InChI is InChI=1S/C12H14N2O3/c1-3-17-9-6-4-5-8(7-9)10-11(15)14(2)12(16)13-10/h4-7,10H,3H2,1-2H3,(H,13,16). The van der Waals surface area contributed by atoms with E-state index in [1.165, 1.54) is 7.05 Å². The molecule has 0 aliphatic carbocycles. The van der Waals surface area contributed by atoms with E-state index in [0.717, 1.165) is 10.5 Å². The van der Waals surface area contributed by atoms with Crippen LogP contribution in [0.2, 0.25) is 0 Å². The van der Waals surface area contributed by atoms with Crippen molar-refractivity contribution in [3.8, 4) is 5.75 Å². The van der Waals surface area contributed by atoms with Crippen LogP contribution in [-0.2, 0) is 4.79 Å². The minimum absolute atomic E-state index is 0.247. The number of amides is 3. The fourth-order valence-corrected chi connectivity index (χ4v) is 1.75. The largest absolute Gasteiger partial charge is 0.494 e. The summed E-state index contributed by atoms with van der Waals surface area (Å²) in [6, 6.07) is 6.21. The average Bonchev–Trinajstić information content (AvgIpc) is 2.58. The number of imide groups is 1. The Hall–Kier alpha value is -2.04. The summed E-state index contributed by atoms with van der Waals surface area (Å²) in [5, 5.41) is 2.62. The van der Waals surface area contributed by atoms with Crippen LogP contribution in [0.1, 0.15) is 18.5 Å². The van der Waals surface area contributed by atoms with Crippen LogP contribution >= 0.6 is 0 Å². The highest BCUT2D eigenvalue weighted by Crippen LogP contribution is 2.24. The van der Waals surface area contributed by atoms with Crippen molar-refractivity contribution in [3.63, 3.8) is 0 Å². The molecule has 2 rings (SSSR count). The van der Waals surface area contributed by atoms with Gasteiger partial charge >= 0.3 is 6.03 Å². The molecule has 0 aromatic heterocycles. The van der Waals surface area contributed by atoms with Crippen LogP contribution in [0.4, 0.5) is 4.79 Å². The first-order valence-corrected chi connectivity index (χ1v) is 5.44. The molecule has 0 spiro atoms. The van der Waals surface area contributed by atoms with Gasteiger partial charge in [-0.25, -0.2) is 4.79 Å². The Morgan fingerprint density at radius 3 is 2.76 bits per heavy atom. The van der Waals surface area contributed by atoms with Gasteiger partial charge in [0.15, 0.2) is 0 Å². The number of urea groups is 1. The van der Waals surface area contributed by atoms with Gasteiger partial charge in [0, 0.05) is 7.05 Å². The highest BCUT2D eigenvalue weighted by atomic mass is 16.5. The van der Waals surface area contributed by atoms with Crippen molar-refractivity contribution in [1.82, 2.24) is 10.2 Å². The van der Waals surface area contributed by atoms with Gasteiger partial charge in [-0.2, -0.15) is 0 Å². The van der Waals surface area contributed by atoms with Gasteiger partial charge < -0.3 is 10.1 Å². The molecule has 90 valence electrons. The zero-order valence-electron chi connectivity index (χ0n) is 9.77. The lowest BCUT2D eigenvalue weighted by Crippen LogP contribution is -2.25. The van der Waals surface area contributed by atoms with Gasteiger partial charge in [0.1, 0.15) is 11.8 Å². The molecule has 3 amide bonds. The predicted octanol–water partition coefficient (Wildman–Crippen LogP) is 1.31. The number of nitrogens with zero attached hydrogens (tertiary/aromatic N) is 1. The van der Waals surface area contributed by atoms with E-state index >= 15 is 0 Å². The first-order valence-electron chi connectivity index (χ1n) is 5.44. The fraction of sp³-hybridized carbons (Fsp3) is 0.333. The normalized spacial score (nSPS) is 19.4. The van der Waals surface area contributed by atoms with E-state index in [2.05, 4.69) is 5.32 Å². The van der Waals surface area contributed by atoms with Crippen molar-refractivity contribution >= 4 is 11.9 Å². The Morgan fingerprint density at radius 1 is 1.41 bits per heavy atom. The molecule has 0 radical (unpaired) electrons. The second kappa shape index (κ2) is 4.45. The number of ether oxygens (including phenoxy) is 1. The molecule has 1 atom stereocenters. The fourth-order valence-electron chi connectivity index (χ4n) is 1.75. The van der Waals surface area contributed by atoms with Crippen LogP contribution in [0.15, 0.2) is 24.3 Å². The quantitative estimate of drug-likeness (QED) is 0.802. The zero-order chi connectivity index (χ0) is 12.4. The van der Waals surface area contributed by atoms with Crippen LogP contribution in [0.25, 0.3) is 0 Å². The average molecular weight is 234 g/mol. The molecule has 0 saturated carbocycles. The number of benzene rings is 1. The second-order valence-electron chi connectivity index (χ2n) is 3.79.